The standard InChI is InChI=1S/C20H23FO4/c1-11-10-12(2)17(21)13(3)15(11)16-18(24-14(4)22)20(25-19(16)23)8-6-5-7-9-20/h10H,5-9H2,1-4H3. The van der Waals surface area contributed by atoms with Crippen molar-refractivity contribution in [2.24, 2.45) is 0 Å². The van der Waals surface area contributed by atoms with E-state index in [-0.39, 0.29) is 17.1 Å². The normalized spacial score (nSPS) is 19.3. The molecule has 0 bridgehead atoms. The highest BCUT2D eigenvalue weighted by Gasteiger charge is 2.51. The van der Waals surface area contributed by atoms with Crippen molar-refractivity contribution in [1.82, 2.24) is 0 Å². The number of ether oxygens (including phenoxy) is 2. The summed E-state index contributed by atoms with van der Waals surface area (Å²) < 4.78 is 25.7. The molecule has 1 spiro atoms. The molecule has 0 N–H and O–H groups in total. The van der Waals surface area contributed by atoms with Gasteiger partial charge >= 0.3 is 11.9 Å². The lowest BCUT2D eigenvalue weighted by Gasteiger charge is -2.33. The molecule has 1 fully saturated rings. The molecule has 1 aliphatic heterocycles. The first-order chi connectivity index (χ1) is 11.8. The van der Waals surface area contributed by atoms with Gasteiger partial charge in [-0.1, -0.05) is 12.5 Å². The molecule has 0 radical (unpaired) electrons. The van der Waals surface area contributed by atoms with Crippen molar-refractivity contribution in [3.63, 3.8) is 0 Å². The Morgan fingerprint density at radius 1 is 1.16 bits per heavy atom. The second-order valence-corrected chi connectivity index (χ2v) is 7.07. The van der Waals surface area contributed by atoms with Gasteiger partial charge in [0.2, 0.25) is 0 Å². The first-order valence-corrected chi connectivity index (χ1v) is 8.70. The van der Waals surface area contributed by atoms with Crippen molar-refractivity contribution in [2.75, 3.05) is 0 Å². The quantitative estimate of drug-likeness (QED) is 0.750. The Morgan fingerprint density at radius 3 is 2.40 bits per heavy atom. The van der Waals surface area contributed by atoms with E-state index in [9.17, 15) is 14.0 Å². The summed E-state index contributed by atoms with van der Waals surface area (Å²) in [6, 6.07) is 1.70. The Labute approximate surface area is 147 Å². The lowest BCUT2D eigenvalue weighted by atomic mass is 9.81. The number of carbonyl (C=O) groups is 2. The molecule has 2 aliphatic rings. The number of hydrogen-bond acceptors (Lipinski definition) is 4. The fourth-order valence-electron chi connectivity index (χ4n) is 4.10. The highest BCUT2D eigenvalue weighted by molar-refractivity contribution is 6.20. The van der Waals surface area contributed by atoms with Gasteiger partial charge in [0, 0.05) is 12.5 Å². The lowest BCUT2D eigenvalue weighted by molar-refractivity contribution is -0.154. The van der Waals surface area contributed by atoms with Gasteiger partial charge in [-0.05, 0) is 63.1 Å². The van der Waals surface area contributed by atoms with E-state index in [1.165, 1.54) is 6.92 Å². The molecule has 5 heteroatoms. The van der Waals surface area contributed by atoms with Crippen LogP contribution in [0.25, 0.3) is 5.57 Å². The van der Waals surface area contributed by atoms with E-state index in [2.05, 4.69) is 0 Å². The van der Waals surface area contributed by atoms with E-state index in [4.69, 9.17) is 9.47 Å². The number of hydrogen-bond donors (Lipinski definition) is 0. The van der Waals surface area contributed by atoms with E-state index in [1.807, 2.05) is 6.92 Å². The number of benzene rings is 1. The molecule has 1 saturated carbocycles. The zero-order chi connectivity index (χ0) is 18.4. The number of halogens is 1. The lowest BCUT2D eigenvalue weighted by Crippen LogP contribution is -2.36. The van der Waals surface area contributed by atoms with Crippen LogP contribution in [0.15, 0.2) is 11.8 Å². The summed E-state index contributed by atoms with van der Waals surface area (Å²) in [5, 5.41) is 0. The van der Waals surface area contributed by atoms with Crippen LogP contribution in [0.2, 0.25) is 0 Å². The summed E-state index contributed by atoms with van der Waals surface area (Å²) in [5.74, 6) is -1.13. The molecule has 1 heterocycles. The van der Waals surface area contributed by atoms with Gasteiger partial charge in [-0.25, -0.2) is 9.18 Å². The van der Waals surface area contributed by atoms with E-state index in [0.29, 0.717) is 29.5 Å². The second-order valence-electron chi connectivity index (χ2n) is 7.07. The van der Waals surface area contributed by atoms with Crippen LogP contribution in [-0.4, -0.2) is 17.5 Å². The zero-order valence-corrected chi connectivity index (χ0v) is 15.1. The molecule has 0 saturated heterocycles. The van der Waals surface area contributed by atoms with Crippen molar-refractivity contribution >= 4 is 17.5 Å². The van der Waals surface area contributed by atoms with Gasteiger partial charge in [-0.15, -0.1) is 0 Å². The average molecular weight is 346 g/mol. The zero-order valence-electron chi connectivity index (χ0n) is 15.1. The fraction of sp³-hybridized carbons (Fsp3) is 0.500. The average Bonchev–Trinajstić information content (AvgIpc) is 2.78. The Kier molecular flexibility index (Phi) is 4.43. The third-order valence-corrected chi connectivity index (χ3v) is 5.17. The number of rotatable bonds is 2. The number of aryl methyl sites for hydroxylation is 2. The second kappa shape index (κ2) is 6.28. The molecule has 134 valence electrons. The Balaban J connectivity index is 2.26. The molecule has 0 atom stereocenters. The molecule has 3 rings (SSSR count). The summed E-state index contributed by atoms with van der Waals surface area (Å²) in [6.45, 7) is 6.46. The third-order valence-electron chi connectivity index (χ3n) is 5.17. The summed E-state index contributed by atoms with van der Waals surface area (Å²) in [5.41, 5.74) is 1.45. The van der Waals surface area contributed by atoms with Crippen LogP contribution < -0.4 is 0 Å². The van der Waals surface area contributed by atoms with Gasteiger partial charge in [0.05, 0.1) is 0 Å². The van der Waals surface area contributed by atoms with Crippen LogP contribution in [0.3, 0.4) is 0 Å². The molecule has 0 aromatic heterocycles. The number of esters is 2. The monoisotopic (exact) mass is 346 g/mol. The van der Waals surface area contributed by atoms with Crippen LogP contribution >= 0.6 is 0 Å². The van der Waals surface area contributed by atoms with E-state index in [1.54, 1.807) is 19.9 Å². The minimum absolute atomic E-state index is 0.200. The maximum atomic E-state index is 14.5. The van der Waals surface area contributed by atoms with Crippen LogP contribution in [0.4, 0.5) is 4.39 Å². The minimum Gasteiger partial charge on any atom is -0.447 e. The van der Waals surface area contributed by atoms with Gasteiger partial charge in [-0.3, -0.25) is 4.79 Å². The summed E-state index contributed by atoms with van der Waals surface area (Å²) in [4.78, 5) is 24.4. The SMILES string of the molecule is CC(=O)OC1=C(c2c(C)cc(C)c(F)c2C)C(=O)OC12CCCCC2. The van der Waals surface area contributed by atoms with Gasteiger partial charge in [-0.2, -0.15) is 0 Å². The highest BCUT2D eigenvalue weighted by atomic mass is 19.1. The molecule has 4 nitrogen and oxygen atoms in total. The van der Waals surface area contributed by atoms with Crippen molar-refractivity contribution in [1.29, 1.82) is 0 Å². The van der Waals surface area contributed by atoms with Gasteiger partial charge < -0.3 is 9.47 Å². The Bertz CT molecular complexity index is 785. The Hall–Kier alpha value is -2.17. The molecule has 1 aromatic carbocycles. The maximum absolute atomic E-state index is 14.5. The summed E-state index contributed by atoms with van der Waals surface area (Å²) in [6.07, 6.45) is 4.09. The largest absolute Gasteiger partial charge is 0.447 e. The molecule has 1 aromatic rings. The van der Waals surface area contributed by atoms with Crippen molar-refractivity contribution in [3.05, 3.63) is 39.9 Å². The molecule has 0 amide bonds. The van der Waals surface area contributed by atoms with Crippen LogP contribution in [0, 0.1) is 26.6 Å². The molecular weight excluding hydrogens is 323 g/mol. The van der Waals surface area contributed by atoms with E-state index >= 15 is 0 Å². The molecular formula is C20H23FO4. The smallest absolute Gasteiger partial charge is 0.343 e. The van der Waals surface area contributed by atoms with Crippen molar-refractivity contribution in [3.8, 4) is 0 Å². The van der Waals surface area contributed by atoms with E-state index < -0.39 is 17.5 Å². The number of carbonyl (C=O) groups excluding carboxylic acids is 2. The van der Waals surface area contributed by atoms with Gasteiger partial charge in [0.15, 0.2) is 11.4 Å². The van der Waals surface area contributed by atoms with Crippen molar-refractivity contribution in [2.45, 2.75) is 65.4 Å². The third kappa shape index (κ3) is 2.86. The molecule has 25 heavy (non-hydrogen) atoms. The van der Waals surface area contributed by atoms with Crippen LogP contribution in [0.1, 0.15) is 61.3 Å². The van der Waals surface area contributed by atoms with Crippen LogP contribution in [0.5, 0.6) is 0 Å². The highest BCUT2D eigenvalue weighted by Crippen LogP contribution is 2.48. The van der Waals surface area contributed by atoms with Crippen molar-refractivity contribution < 1.29 is 23.5 Å². The topological polar surface area (TPSA) is 52.6 Å². The summed E-state index contributed by atoms with van der Waals surface area (Å²) in [7, 11) is 0. The van der Waals surface area contributed by atoms with Gasteiger partial charge in [0.1, 0.15) is 11.4 Å². The predicted molar refractivity (Wildman–Crippen MR) is 91.2 cm³/mol. The van der Waals surface area contributed by atoms with Gasteiger partial charge in [0.25, 0.3) is 0 Å². The summed E-state index contributed by atoms with van der Waals surface area (Å²) >= 11 is 0. The minimum atomic E-state index is -0.892. The van der Waals surface area contributed by atoms with E-state index in [0.717, 1.165) is 24.8 Å². The fourth-order valence-corrected chi connectivity index (χ4v) is 4.10. The Morgan fingerprint density at radius 2 is 1.80 bits per heavy atom. The first-order valence-electron chi connectivity index (χ1n) is 8.70. The molecule has 0 unspecified atom stereocenters. The van der Waals surface area contributed by atoms with Crippen LogP contribution in [-0.2, 0) is 19.1 Å². The molecule has 1 aliphatic carbocycles. The maximum Gasteiger partial charge on any atom is 0.343 e. The predicted octanol–water partition coefficient (Wildman–Crippen LogP) is 4.28. The first kappa shape index (κ1) is 17.6.